The van der Waals surface area contributed by atoms with E-state index in [1.165, 1.54) is 37.7 Å². The van der Waals surface area contributed by atoms with Crippen molar-refractivity contribution in [3.05, 3.63) is 37.0 Å². The van der Waals surface area contributed by atoms with E-state index < -0.39 is 0 Å². The van der Waals surface area contributed by atoms with E-state index in [0.717, 1.165) is 12.8 Å². The number of rotatable bonds is 12. The monoisotopic (exact) mass is 277 g/mol. The predicted molar refractivity (Wildman–Crippen MR) is 92.8 cm³/mol. The Balaban J connectivity index is 4.78. The fraction of sp³-hybridized carbons (Fsp3) is 0.684. The molecule has 3 unspecified atom stereocenters. The molecule has 0 bridgehead atoms. The molecule has 0 radical (unpaired) electrons. The van der Waals surface area contributed by atoms with Crippen LogP contribution in [0.3, 0.4) is 0 Å². The summed E-state index contributed by atoms with van der Waals surface area (Å²) in [6.45, 7) is 14.9. The zero-order valence-corrected chi connectivity index (χ0v) is 13.9. The Bertz CT molecular complexity index is 290. The van der Waals surface area contributed by atoms with E-state index in [2.05, 4.69) is 46.1 Å². The van der Waals surface area contributed by atoms with E-state index >= 15 is 0 Å². The van der Waals surface area contributed by atoms with E-state index in [0.29, 0.717) is 11.8 Å². The highest BCUT2D eigenvalue weighted by molar-refractivity contribution is 5.21. The van der Waals surface area contributed by atoms with Crippen molar-refractivity contribution in [3.8, 4) is 0 Å². The average Bonchev–Trinajstić information content (AvgIpc) is 2.47. The summed E-state index contributed by atoms with van der Waals surface area (Å²) in [7, 11) is 0. The Labute approximate surface area is 127 Å². The molecule has 0 aromatic rings. The molecule has 0 saturated heterocycles. The summed E-state index contributed by atoms with van der Waals surface area (Å²) in [6, 6.07) is 0.190. The first-order valence-electron chi connectivity index (χ1n) is 8.35. The highest BCUT2D eigenvalue weighted by atomic mass is 14.6. The summed E-state index contributed by atoms with van der Waals surface area (Å²) in [5.41, 5.74) is 7.51. The van der Waals surface area contributed by atoms with Crippen LogP contribution in [0.2, 0.25) is 0 Å². The molecule has 3 atom stereocenters. The summed E-state index contributed by atoms with van der Waals surface area (Å²) < 4.78 is 0. The van der Waals surface area contributed by atoms with Crippen LogP contribution >= 0.6 is 0 Å². The molecular formula is C19H35N. The minimum absolute atomic E-state index is 0.190. The lowest BCUT2D eigenvalue weighted by atomic mass is 9.77. The number of hydrogen-bond donors (Lipinski definition) is 1. The van der Waals surface area contributed by atoms with Crippen LogP contribution in [0.1, 0.15) is 65.7 Å². The molecule has 20 heavy (non-hydrogen) atoms. The highest BCUT2D eigenvalue weighted by Crippen LogP contribution is 2.30. The van der Waals surface area contributed by atoms with Gasteiger partial charge in [0.25, 0.3) is 0 Å². The van der Waals surface area contributed by atoms with Crippen molar-refractivity contribution in [2.45, 2.75) is 71.8 Å². The van der Waals surface area contributed by atoms with Gasteiger partial charge in [-0.2, -0.15) is 0 Å². The van der Waals surface area contributed by atoms with Crippen molar-refractivity contribution in [2.24, 2.45) is 17.6 Å². The summed E-state index contributed by atoms with van der Waals surface area (Å²) in [5, 5.41) is 0. The van der Waals surface area contributed by atoms with Crippen molar-refractivity contribution in [3.63, 3.8) is 0 Å². The first-order chi connectivity index (χ1) is 9.62. The second-order valence-corrected chi connectivity index (χ2v) is 5.73. The summed E-state index contributed by atoms with van der Waals surface area (Å²) in [4.78, 5) is 0. The molecule has 0 spiro atoms. The molecule has 0 amide bonds. The normalized spacial score (nSPS) is 16.0. The van der Waals surface area contributed by atoms with Crippen LogP contribution in [0, 0.1) is 11.8 Å². The van der Waals surface area contributed by atoms with Gasteiger partial charge in [0.2, 0.25) is 0 Å². The lowest BCUT2D eigenvalue weighted by Gasteiger charge is -2.30. The first-order valence-corrected chi connectivity index (χ1v) is 8.35. The second kappa shape index (κ2) is 12.0. The van der Waals surface area contributed by atoms with Gasteiger partial charge in [0.15, 0.2) is 0 Å². The van der Waals surface area contributed by atoms with Crippen LogP contribution in [0.25, 0.3) is 0 Å². The van der Waals surface area contributed by atoms with E-state index in [1.807, 2.05) is 6.08 Å². The fourth-order valence-corrected chi connectivity index (χ4v) is 2.72. The Morgan fingerprint density at radius 3 is 2.35 bits per heavy atom. The molecule has 0 aliphatic heterocycles. The molecule has 1 nitrogen and oxygen atoms in total. The third-order valence-corrected chi connectivity index (χ3v) is 4.12. The van der Waals surface area contributed by atoms with E-state index in [1.54, 1.807) is 0 Å². The van der Waals surface area contributed by atoms with Crippen molar-refractivity contribution in [2.75, 3.05) is 0 Å². The molecule has 0 fully saturated rings. The fourth-order valence-electron chi connectivity index (χ4n) is 2.72. The number of allylic oxidation sites excluding steroid dienone is 3. The van der Waals surface area contributed by atoms with E-state index in [4.69, 9.17) is 5.73 Å². The second-order valence-electron chi connectivity index (χ2n) is 5.73. The minimum atomic E-state index is 0.190. The molecule has 0 aromatic carbocycles. The molecule has 0 rings (SSSR count). The van der Waals surface area contributed by atoms with Crippen molar-refractivity contribution >= 4 is 0 Å². The Kier molecular flexibility index (Phi) is 11.5. The third kappa shape index (κ3) is 7.09. The largest absolute Gasteiger partial charge is 0.327 e. The minimum Gasteiger partial charge on any atom is -0.327 e. The standard InChI is InChI=1S/C19H35N/c1-6-10-12-13-15-18(16(5)14-11-7-2)17(8-3)19(20)9-4/h8,11,14,17-19H,3,5-7,9-10,12-13,15,20H2,1-2,4H3/b14-11-. The van der Waals surface area contributed by atoms with Gasteiger partial charge in [-0.15, -0.1) is 6.58 Å². The van der Waals surface area contributed by atoms with Crippen LogP contribution in [0.4, 0.5) is 0 Å². The van der Waals surface area contributed by atoms with Gasteiger partial charge in [-0.3, -0.25) is 0 Å². The van der Waals surface area contributed by atoms with Crippen LogP contribution in [0.15, 0.2) is 37.0 Å². The molecule has 116 valence electrons. The van der Waals surface area contributed by atoms with Crippen LogP contribution < -0.4 is 5.73 Å². The number of hydrogen-bond acceptors (Lipinski definition) is 1. The SMILES string of the molecule is C=CC(C(N)CC)C(CCCCCC)C(=C)/C=C\CC. The first kappa shape index (κ1) is 19.2. The van der Waals surface area contributed by atoms with Gasteiger partial charge in [0, 0.05) is 6.04 Å². The van der Waals surface area contributed by atoms with Crippen LogP contribution in [-0.4, -0.2) is 6.04 Å². The predicted octanol–water partition coefficient (Wildman–Crippen LogP) is 5.63. The molecule has 0 heterocycles. The van der Waals surface area contributed by atoms with Crippen LogP contribution in [0.5, 0.6) is 0 Å². The Morgan fingerprint density at radius 1 is 1.15 bits per heavy atom. The van der Waals surface area contributed by atoms with Gasteiger partial charge in [0.05, 0.1) is 0 Å². The van der Waals surface area contributed by atoms with Gasteiger partial charge >= 0.3 is 0 Å². The molecular weight excluding hydrogens is 242 g/mol. The third-order valence-electron chi connectivity index (χ3n) is 4.12. The highest BCUT2D eigenvalue weighted by Gasteiger charge is 2.24. The summed E-state index contributed by atoms with van der Waals surface area (Å²) in [6.07, 6.45) is 14.8. The van der Waals surface area contributed by atoms with Crippen molar-refractivity contribution in [1.29, 1.82) is 0 Å². The van der Waals surface area contributed by atoms with Gasteiger partial charge in [-0.1, -0.05) is 76.8 Å². The van der Waals surface area contributed by atoms with E-state index in [-0.39, 0.29) is 6.04 Å². The maximum absolute atomic E-state index is 6.29. The van der Waals surface area contributed by atoms with Gasteiger partial charge in [-0.05, 0) is 31.1 Å². The average molecular weight is 277 g/mol. The number of nitrogens with two attached hydrogens (primary N) is 1. The molecule has 2 N–H and O–H groups in total. The maximum Gasteiger partial charge on any atom is 0.0105 e. The quantitative estimate of drug-likeness (QED) is 0.279. The lowest BCUT2D eigenvalue weighted by Crippen LogP contribution is -2.34. The van der Waals surface area contributed by atoms with Gasteiger partial charge < -0.3 is 5.73 Å². The molecule has 0 saturated carbocycles. The zero-order chi connectivity index (χ0) is 15.4. The van der Waals surface area contributed by atoms with Crippen molar-refractivity contribution < 1.29 is 0 Å². The van der Waals surface area contributed by atoms with Gasteiger partial charge in [-0.25, -0.2) is 0 Å². The Hall–Kier alpha value is -0.820. The lowest BCUT2D eigenvalue weighted by molar-refractivity contribution is 0.349. The van der Waals surface area contributed by atoms with E-state index in [9.17, 15) is 0 Å². The smallest absolute Gasteiger partial charge is 0.0105 e. The van der Waals surface area contributed by atoms with Crippen molar-refractivity contribution in [1.82, 2.24) is 0 Å². The Morgan fingerprint density at radius 2 is 1.85 bits per heavy atom. The molecule has 0 aliphatic rings. The number of unbranched alkanes of at least 4 members (excludes halogenated alkanes) is 3. The maximum atomic E-state index is 6.29. The van der Waals surface area contributed by atoms with Gasteiger partial charge in [0.1, 0.15) is 0 Å². The molecule has 0 aliphatic carbocycles. The topological polar surface area (TPSA) is 26.0 Å². The molecule has 1 heteroatoms. The summed E-state index contributed by atoms with van der Waals surface area (Å²) >= 11 is 0. The summed E-state index contributed by atoms with van der Waals surface area (Å²) in [5.74, 6) is 0.790. The zero-order valence-electron chi connectivity index (χ0n) is 13.9. The van der Waals surface area contributed by atoms with Crippen LogP contribution in [-0.2, 0) is 0 Å². The molecule has 0 aromatic heterocycles.